The number of piperidine rings is 1. The summed E-state index contributed by atoms with van der Waals surface area (Å²) in [5.74, 6) is -0.225. The molecule has 0 aromatic heterocycles. The molecule has 2 fully saturated rings. The van der Waals surface area contributed by atoms with Crippen LogP contribution < -0.4 is 15.1 Å². The molecule has 2 aromatic rings. The molecule has 0 unspecified atom stereocenters. The zero-order valence-corrected chi connectivity index (χ0v) is 20.6. The van der Waals surface area contributed by atoms with Crippen molar-refractivity contribution in [1.82, 2.24) is 10.2 Å². The molecule has 0 spiro atoms. The molecule has 0 atom stereocenters. The van der Waals surface area contributed by atoms with E-state index in [-0.39, 0.29) is 16.5 Å². The van der Waals surface area contributed by atoms with Crippen LogP contribution >= 0.6 is 28.1 Å². The number of anilines is 2. The highest BCUT2D eigenvalue weighted by molar-refractivity contribution is 9.10. The number of carbonyl (C=O) groups excluding carboxylic acids is 1. The number of halogens is 1. The van der Waals surface area contributed by atoms with Gasteiger partial charge in [-0.15, -0.1) is 0 Å². The average Bonchev–Trinajstić information content (AvgIpc) is 2.84. The van der Waals surface area contributed by atoms with Crippen molar-refractivity contribution in [1.29, 1.82) is 0 Å². The lowest BCUT2D eigenvalue weighted by atomic mass is 10.1. The molecule has 1 amide bonds. The summed E-state index contributed by atoms with van der Waals surface area (Å²) in [6.07, 6.45) is 3.29. The summed E-state index contributed by atoms with van der Waals surface area (Å²) < 4.78 is 0.910. The monoisotopic (exact) mass is 531 g/mol. The summed E-state index contributed by atoms with van der Waals surface area (Å²) in [4.78, 5) is 30.1. The van der Waals surface area contributed by atoms with Gasteiger partial charge in [-0.3, -0.25) is 20.2 Å². The van der Waals surface area contributed by atoms with E-state index >= 15 is 0 Å². The van der Waals surface area contributed by atoms with E-state index in [1.54, 1.807) is 18.2 Å². The molecule has 2 saturated heterocycles. The van der Waals surface area contributed by atoms with Crippen molar-refractivity contribution in [3.63, 3.8) is 0 Å². The Bertz CT molecular complexity index is 1030. The summed E-state index contributed by atoms with van der Waals surface area (Å²) in [7, 11) is 0. The molecular weight excluding hydrogens is 506 g/mol. The van der Waals surface area contributed by atoms with Crippen molar-refractivity contribution in [2.75, 3.05) is 49.1 Å². The fourth-order valence-corrected chi connectivity index (χ4v) is 4.81. The van der Waals surface area contributed by atoms with Gasteiger partial charge in [-0.25, -0.2) is 0 Å². The van der Waals surface area contributed by atoms with Crippen LogP contribution in [0.1, 0.15) is 29.6 Å². The molecule has 0 saturated carbocycles. The molecule has 1 N–H and O–H groups in total. The van der Waals surface area contributed by atoms with Gasteiger partial charge in [0.05, 0.1) is 4.92 Å². The summed E-state index contributed by atoms with van der Waals surface area (Å²) >= 11 is 8.83. The number of benzene rings is 2. The molecule has 4 rings (SSSR count). The van der Waals surface area contributed by atoms with Crippen LogP contribution in [0.5, 0.6) is 0 Å². The fraction of sp³-hybridized carbons (Fsp3) is 0.391. The van der Waals surface area contributed by atoms with Crippen LogP contribution in [0.4, 0.5) is 17.1 Å². The van der Waals surface area contributed by atoms with E-state index in [4.69, 9.17) is 12.2 Å². The lowest BCUT2D eigenvalue weighted by Crippen LogP contribution is -2.52. The Morgan fingerprint density at radius 2 is 1.61 bits per heavy atom. The van der Waals surface area contributed by atoms with Crippen LogP contribution in [-0.4, -0.2) is 60.1 Å². The quantitative estimate of drug-likeness (QED) is 0.360. The van der Waals surface area contributed by atoms with Gasteiger partial charge in [-0.1, -0.05) is 15.9 Å². The lowest BCUT2D eigenvalue weighted by Gasteiger charge is -2.37. The minimum Gasteiger partial charge on any atom is -0.368 e. The Morgan fingerprint density at radius 1 is 0.939 bits per heavy atom. The minimum absolute atomic E-state index is 0.163. The number of rotatable bonds is 4. The maximum Gasteiger partial charge on any atom is 0.292 e. The number of nitrogens with one attached hydrogen (secondary N) is 1. The molecule has 2 aliphatic rings. The molecule has 0 radical (unpaired) electrons. The van der Waals surface area contributed by atoms with Crippen LogP contribution in [0.3, 0.4) is 0 Å². The van der Waals surface area contributed by atoms with Crippen LogP contribution in [0.2, 0.25) is 0 Å². The highest BCUT2D eigenvalue weighted by Crippen LogP contribution is 2.34. The Balaban J connectivity index is 1.39. The normalized spacial score (nSPS) is 16.5. The van der Waals surface area contributed by atoms with Crippen LogP contribution in [0.25, 0.3) is 0 Å². The molecule has 8 nitrogen and oxygen atoms in total. The largest absolute Gasteiger partial charge is 0.368 e. The molecular formula is C23H26BrN5O3S. The van der Waals surface area contributed by atoms with Crippen molar-refractivity contribution in [2.24, 2.45) is 0 Å². The SMILES string of the molecule is O=C(NC(=S)N1CCN(c2ccc([N+](=O)[O-])c(N3CCCCC3)c2)CC1)c1ccc(Br)cc1. The number of carbonyl (C=O) groups is 1. The van der Waals surface area contributed by atoms with Crippen LogP contribution in [-0.2, 0) is 0 Å². The van der Waals surface area contributed by atoms with Gasteiger partial charge >= 0.3 is 0 Å². The topological polar surface area (TPSA) is 82.0 Å². The predicted molar refractivity (Wildman–Crippen MR) is 137 cm³/mol. The van der Waals surface area contributed by atoms with E-state index in [9.17, 15) is 14.9 Å². The maximum atomic E-state index is 12.5. The number of nitro groups is 1. The van der Waals surface area contributed by atoms with Crippen LogP contribution in [0.15, 0.2) is 46.9 Å². The second-order valence-electron chi connectivity index (χ2n) is 8.22. The van der Waals surface area contributed by atoms with Crippen molar-refractivity contribution in [3.8, 4) is 0 Å². The Morgan fingerprint density at radius 3 is 2.24 bits per heavy atom. The van der Waals surface area contributed by atoms with Gasteiger partial charge in [0, 0.05) is 61.1 Å². The first-order valence-corrected chi connectivity index (χ1v) is 12.3. The zero-order chi connectivity index (χ0) is 23.4. The van der Waals surface area contributed by atoms with Gasteiger partial charge in [-0.05, 0) is 67.9 Å². The van der Waals surface area contributed by atoms with Crippen molar-refractivity contribution >= 4 is 56.2 Å². The molecule has 0 aliphatic carbocycles. The molecule has 10 heteroatoms. The number of thiocarbonyl (C=S) groups is 1. The first-order valence-electron chi connectivity index (χ1n) is 11.1. The maximum absolute atomic E-state index is 12.5. The van der Waals surface area contributed by atoms with Crippen molar-refractivity contribution in [3.05, 3.63) is 62.6 Å². The molecule has 0 bridgehead atoms. The van der Waals surface area contributed by atoms with E-state index in [1.807, 2.05) is 29.2 Å². The van der Waals surface area contributed by atoms with Crippen molar-refractivity contribution < 1.29 is 9.72 Å². The van der Waals surface area contributed by atoms with Gasteiger partial charge in [0.1, 0.15) is 5.69 Å². The van der Waals surface area contributed by atoms with Gasteiger partial charge in [0.15, 0.2) is 5.11 Å². The Labute approximate surface area is 206 Å². The van der Waals surface area contributed by atoms with E-state index in [1.165, 1.54) is 6.42 Å². The van der Waals surface area contributed by atoms with Gasteiger partial charge < -0.3 is 14.7 Å². The highest BCUT2D eigenvalue weighted by atomic mass is 79.9. The predicted octanol–water partition coefficient (Wildman–Crippen LogP) is 4.18. The fourth-order valence-electron chi connectivity index (χ4n) is 4.27. The molecule has 174 valence electrons. The standard InChI is InChI=1S/C23H26BrN5O3S/c24-18-6-4-17(5-7-18)22(30)25-23(33)28-14-12-26(13-15-28)19-8-9-20(29(31)32)21(16-19)27-10-2-1-3-11-27/h4-9,16H,1-3,10-15H2,(H,25,30,33). The average molecular weight is 532 g/mol. The molecule has 2 aromatic carbocycles. The second kappa shape index (κ2) is 10.5. The van der Waals surface area contributed by atoms with E-state index in [0.29, 0.717) is 42.5 Å². The summed E-state index contributed by atoms with van der Waals surface area (Å²) in [5.41, 5.74) is 2.40. The molecule has 2 aliphatic heterocycles. The highest BCUT2D eigenvalue weighted by Gasteiger charge is 2.25. The van der Waals surface area contributed by atoms with E-state index < -0.39 is 0 Å². The lowest BCUT2D eigenvalue weighted by molar-refractivity contribution is -0.384. The number of hydrogen-bond donors (Lipinski definition) is 1. The van der Waals surface area contributed by atoms with Gasteiger partial charge in [0.25, 0.3) is 11.6 Å². The van der Waals surface area contributed by atoms with Crippen LogP contribution in [0, 0.1) is 10.1 Å². The second-order valence-corrected chi connectivity index (χ2v) is 9.52. The zero-order valence-electron chi connectivity index (χ0n) is 18.2. The van der Waals surface area contributed by atoms with E-state index in [0.717, 1.165) is 36.1 Å². The number of nitro benzene ring substituents is 1. The number of hydrogen-bond acceptors (Lipinski definition) is 6. The number of amides is 1. The van der Waals surface area contributed by atoms with Crippen molar-refractivity contribution in [2.45, 2.75) is 19.3 Å². The van der Waals surface area contributed by atoms with E-state index in [2.05, 4.69) is 31.0 Å². The Hall–Kier alpha value is -2.72. The first-order chi connectivity index (χ1) is 15.9. The van der Waals surface area contributed by atoms with Gasteiger partial charge in [-0.2, -0.15) is 0 Å². The third-order valence-corrected chi connectivity index (χ3v) is 7.00. The summed E-state index contributed by atoms with van der Waals surface area (Å²) in [6.45, 7) is 4.46. The Kier molecular flexibility index (Phi) is 7.44. The number of nitrogens with zero attached hydrogens (tertiary/aromatic N) is 4. The third-order valence-electron chi connectivity index (χ3n) is 6.11. The number of piperazine rings is 1. The summed E-state index contributed by atoms with van der Waals surface area (Å²) in [5, 5.41) is 14.8. The third kappa shape index (κ3) is 5.62. The smallest absolute Gasteiger partial charge is 0.292 e. The first kappa shape index (κ1) is 23.4. The summed E-state index contributed by atoms with van der Waals surface area (Å²) in [6, 6.07) is 12.5. The molecule has 33 heavy (non-hydrogen) atoms. The molecule has 2 heterocycles. The van der Waals surface area contributed by atoms with Gasteiger partial charge in [0.2, 0.25) is 0 Å². The minimum atomic E-state index is -0.293.